The lowest BCUT2D eigenvalue weighted by Crippen LogP contribution is -2.33. The van der Waals surface area contributed by atoms with Crippen molar-refractivity contribution in [1.82, 2.24) is 14.5 Å². The highest BCUT2D eigenvalue weighted by molar-refractivity contribution is 6.50. The number of H-pyrrole nitrogens is 1. The molecule has 5 aromatic rings. The van der Waals surface area contributed by atoms with Gasteiger partial charge in [-0.2, -0.15) is 0 Å². The van der Waals surface area contributed by atoms with E-state index in [1.54, 1.807) is 39.2 Å². The van der Waals surface area contributed by atoms with Crippen molar-refractivity contribution in [2.75, 3.05) is 6.73 Å². The summed E-state index contributed by atoms with van der Waals surface area (Å²) in [6.07, 6.45) is 2.75. The van der Waals surface area contributed by atoms with Crippen molar-refractivity contribution in [2.24, 2.45) is 0 Å². The van der Waals surface area contributed by atoms with E-state index >= 15 is 0 Å². The fraction of sp³-hybridized carbons (Fsp3) is 0.182. The molecule has 0 saturated carbocycles. The number of carbonyl (C=O) groups excluding carboxylic acids is 3. The Bertz CT molecular complexity index is 1840. The Kier molecular flexibility index (Phi) is 6.55. The average molecular weight is 548 g/mol. The molecule has 41 heavy (non-hydrogen) atoms. The summed E-state index contributed by atoms with van der Waals surface area (Å²) in [5.74, 6) is -0.952. The predicted molar refractivity (Wildman–Crippen MR) is 157 cm³/mol. The molecular formula is C33H29N3O5. The van der Waals surface area contributed by atoms with Crippen LogP contribution in [0, 0.1) is 0 Å². The number of nitrogens with zero attached hydrogens (tertiary/aromatic N) is 2. The third-order valence-electron chi connectivity index (χ3n) is 6.93. The van der Waals surface area contributed by atoms with E-state index in [1.165, 1.54) is 4.57 Å². The number of aromatic amines is 1. The monoisotopic (exact) mass is 547 g/mol. The third kappa shape index (κ3) is 4.83. The van der Waals surface area contributed by atoms with Gasteiger partial charge in [-0.15, -0.1) is 0 Å². The lowest BCUT2D eigenvalue weighted by Gasteiger charge is -2.19. The molecule has 0 atom stereocenters. The second-order valence-corrected chi connectivity index (χ2v) is 10.9. The van der Waals surface area contributed by atoms with Crippen LogP contribution in [0.25, 0.3) is 33.0 Å². The standard InChI is InChI=1S/C33H29N3O5/c1-33(2,3)41-32(39)35-18-25(23-14-8-10-16-27(23)35)29-28(24-17-34-26-15-9-7-13-22(24)26)30(37)36(31(29)38)20-40-19-21-11-5-4-6-12-21/h4-18,34H,19-20H2,1-3H3. The summed E-state index contributed by atoms with van der Waals surface area (Å²) in [6.45, 7) is 5.41. The molecule has 0 radical (unpaired) electrons. The number of fused-ring (bicyclic) bond motifs is 2. The number of hydrogen-bond donors (Lipinski definition) is 1. The van der Waals surface area contributed by atoms with Gasteiger partial charge in [0.05, 0.1) is 23.3 Å². The first-order valence-electron chi connectivity index (χ1n) is 13.4. The van der Waals surface area contributed by atoms with Gasteiger partial charge in [0, 0.05) is 39.8 Å². The van der Waals surface area contributed by atoms with Crippen LogP contribution >= 0.6 is 0 Å². The van der Waals surface area contributed by atoms with Gasteiger partial charge in [-0.1, -0.05) is 66.7 Å². The molecule has 0 fully saturated rings. The maximum atomic E-state index is 14.1. The van der Waals surface area contributed by atoms with E-state index < -0.39 is 23.5 Å². The van der Waals surface area contributed by atoms with E-state index in [-0.39, 0.29) is 24.5 Å². The van der Waals surface area contributed by atoms with Gasteiger partial charge >= 0.3 is 6.09 Å². The molecule has 8 heteroatoms. The molecule has 1 aliphatic heterocycles. The number of ether oxygens (including phenoxy) is 2. The quantitative estimate of drug-likeness (QED) is 0.250. The van der Waals surface area contributed by atoms with Gasteiger partial charge in [-0.05, 0) is 38.5 Å². The molecular weight excluding hydrogens is 518 g/mol. The molecule has 0 unspecified atom stereocenters. The van der Waals surface area contributed by atoms with Crippen molar-refractivity contribution in [3.63, 3.8) is 0 Å². The second-order valence-electron chi connectivity index (χ2n) is 10.9. The fourth-order valence-electron chi connectivity index (χ4n) is 5.14. The topological polar surface area (TPSA) is 93.6 Å². The lowest BCUT2D eigenvalue weighted by atomic mass is 9.95. The molecule has 0 aliphatic carbocycles. The Hall–Kier alpha value is -4.95. The first-order chi connectivity index (χ1) is 19.7. The number of para-hydroxylation sites is 2. The molecule has 6 rings (SSSR count). The Morgan fingerprint density at radius 2 is 1.44 bits per heavy atom. The van der Waals surface area contributed by atoms with Crippen LogP contribution in [0.1, 0.15) is 37.5 Å². The summed E-state index contributed by atoms with van der Waals surface area (Å²) in [7, 11) is 0. The molecule has 0 spiro atoms. The van der Waals surface area contributed by atoms with Crippen LogP contribution in [-0.4, -0.2) is 44.7 Å². The van der Waals surface area contributed by atoms with Crippen molar-refractivity contribution in [2.45, 2.75) is 33.0 Å². The minimum Gasteiger partial charge on any atom is -0.443 e. The maximum absolute atomic E-state index is 14.1. The van der Waals surface area contributed by atoms with Gasteiger partial charge in [0.1, 0.15) is 12.3 Å². The van der Waals surface area contributed by atoms with Crippen molar-refractivity contribution >= 4 is 50.9 Å². The molecule has 2 aromatic heterocycles. The van der Waals surface area contributed by atoms with Crippen LogP contribution in [-0.2, 0) is 25.7 Å². The van der Waals surface area contributed by atoms with E-state index in [0.717, 1.165) is 21.4 Å². The van der Waals surface area contributed by atoms with Crippen LogP contribution < -0.4 is 0 Å². The molecule has 3 heterocycles. The van der Waals surface area contributed by atoms with E-state index in [2.05, 4.69) is 4.98 Å². The zero-order valence-electron chi connectivity index (χ0n) is 23.0. The summed E-state index contributed by atoms with van der Waals surface area (Å²) in [5, 5.41) is 1.46. The zero-order valence-corrected chi connectivity index (χ0v) is 23.0. The molecule has 0 saturated heterocycles. The summed E-state index contributed by atoms with van der Waals surface area (Å²) in [5.41, 5.74) is 3.15. The molecule has 8 nitrogen and oxygen atoms in total. The van der Waals surface area contributed by atoms with Crippen molar-refractivity contribution < 1.29 is 23.9 Å². The highest BCUT2D eigenvalue weighted by Crippen LogP contribution is 2.41. The first-order valence-corrected chi connectivity index (χ1v) is 13.4. The SMILES string of the molecule is CC(C)(C)OC(=O)n1cc(C2=C(c3c[nH]c4ccccc34)C(=O)N(COCc3ccccc3)C2=O)c2ccccc21. The number of imide groups is 1. The molecule has 3 aromatic carbocycles. The molecule has 1 aliphatic rings. The normalized spacial score (nSPS) is 14.1. The molecule has 2 amide bonds. The van der Waals surface area contributed by atoms with Gasteiger partial charge in [0.25, 0.3) is 11.8 Å². The van der Waals surface area contributed by atoms with Gasteiger partial charge in [0.15, 0.2) is 0 Å². The number of hydrogen-bond acceptors (Lipinski definition) is 5. The Labute approximate surface area is 236 Å². The fourth-order valence-corrected chi connectivity index (χ4v) is 5.14. The summed E-state index contributed by atoms with van der Waals surface area (Å²) < 4.78 is 12.9. The van der Waals surface area contributed by atoms with Crippen molar-refractivity contribution in [1.29, 1.82) is 0 Å². The number of benzene rings is 3. The van der Waals surface area contributed by atoms with E-state index in [9.17, 15) is 14.4 Å². The van der Waals surface area contributed by atoms with Crippen molar-refractivity contribution in [3.05, 3.63) is 108 Å². The lowest BCUT2D eigenvalue weighted by molar-refractivity contribution is -0.142. The molecule has 1 N–H and O–H groups in total. The number of nitrogens with one attached hydrogen (secondary N) is 1. The smallest absolute Gasteiger partial charge is 0.419 e. The summed E-state index contributed by atoms with van der Waals surface area (Å²) >= 11 is 0. The number of aromatic nitrogens is 2. The van der Waals surface area contributed by atoms with Crippen molar-refractivity contribution in [3.8, 4) is 0 Å². The third-order valence-corrected chi connectivity index (χ3v) is 6.93. The van der Waals surface area contributed by atoms with Gasteiger partial charge < -0.3 is 14.5 Å². The Morgan fingerprint density at radius 3 is 2.17 bits per heavy atom. The minimum atomic E-state index is -0.719. The zero-order chi connectivity index (χ0) is 28.7. The van der Waals surface area contributed by atoms with Crippen LogP contribution in [0.3, 0.4) is 0 Å². The largest absolute Gasteiger partial charge is 0.443 e. The van der Waals surface area contributed by atoms with Gasteiger partial charge in [-0.3, -0.25) is 14.2 Å². The van der Waals surface area contributed by atoms with Gasteiger partial charge in [-0.25, -0.2) is 9.69 Å². The summed E-state index contributed by atoms with van der Waals surface area (Å²) in [6, 6.07) is 24.4. The number of carbonyl (C=O) groups is 3. The maximum Gasteiger partial charge on any atom is 0.419 e. The first kappa shape index (κ1) is 26.3. The van der Waals surface area contributed by atoms with Gasteiger partial charge in [0.2, 0.25) is 0 Å². The highest BCUT2D eigenvalue weighted by Gasteiger charge is 2.42. The Morgan fingerprint density at radius 1 is 0.805 bits per heavy atom. The Balaban J connectivity index is 1.48. The van der Waals surface area contributed by atoms with Crippen LogP contribution in [0.15, 0.2) is 91.3 Å². The van der Waals surface area contributed by atoms with E-state index in [0.29, 0.717) is 22.0 Å². The number of amides is 2. The second kappa shape index (κ2) is 10.2. The van der Waals surface area contributed by atoms with E-state index in [1.807, 2.05) is 72.8 Å². The molecule has 206 valence electrons. The average Bonchev–Trinajstić information content (AvgIpc) is 3.61. The summed E-state index contributed by atoms with van der Waals surface area (Å²) in [4.78, 5) is 45.6. The highest BCUT2D eigenvalue weighted by atomic mass is 16.6. The van der Waals surface area contributed by atoms with Crippen LogP contribution in [0.2, 0.25) is 0 Å². The van der Waals surface area contributed by atoms with Crippen LogP contribution in [0.5, 0.6) is 0 Å². The molecule has 0 bridgehead atoms. The van der Waals surface area contributed by atoms with Crippen LogP contribution in [0.4, 0.5) is 4.79 Å². The minimum absolute atomic E-state index is 0.210. The van der Waals surface area contributed by atoms with E-state index in [4.69, 9.17) is 9.47 Å². The predicted octanol–water partition coefficient (Wildman–Crippen LogP) is 6.36. The number of rotatable bonds is 6.